The van der Waals surface area contributed by atoms with Crippen molar-refractivity contribution in [3.8, 4) is 11.4 Å². The van der Waals surface area contributed by atoms with Crippen LogP contribution in [0.3, 0.4) is 0 Å². The van der Waals surface area contributed by atoms with Gasteiger partial charge in [-0.05, 0) is 36.4 Å². The SMILES string of the molecule is Clc1ccccc1-c1nc(Nc2ccc(N3CCOCC3)cc2)n[nH]1. The lowest BCUT2D eigenvalue weighted by Crippen LogP contribution is -2.36. The fourth-order valence-electron chi connectivity index (χ4n) is 2.80. The van der Waals surface area contributed by atoms with Crippen LogP contribution in [-0.4, -0.2) is 41.5 Å². The summed E-state index contributed by atoms with van der Waals surface area (Å²) in [5.74, 6) is 1.15. The Labute approximate surface area is 150 Å². The summed E-state index contributed by atoms with van der Waals surface area (Å²) in [5.41, 5.74) is 2.95. The molecule has 2 heterocycles. The van der Waals surface area contributed by atoms with E-state index < -0.39 is 0 Å². The van der Waals surface area contributed by atoms with Crippen molar-refractivity contribution >= 4 is 28.9 Å². The van der Waals surface area contributed by atoms with E-state index in [9.17, 15) is 0 Å². The number of aromatic nitrogens is 3. The van der Waals surface area contributed by atoms with Gasteiger partial charge in [-0.3, -0.25) is 5.10 Å². The molecule has 1 saturated heterocycles. The highest BCUT2D eigenvalue weighted by Gasteiger charge is 2.12. The van der Waals surface area contributed by atoms with E-state index in [1.807, 2.05) is 36.4 Å². The van der Waals surface area contributed by atoms with Crippen molar-refractivity contribution < 1.29 is 4.74 Å². The van der Waals surface area contributed by atoms with Crippen molar-refractivity contribution in [3.63, 3.8) is 0 Å². The molecule has 0 amide bonds. The second-order valence-corrected chi connectivity index (χ2v) is 6.17. The molecule has 4 rings (SSSR count). The molecule has 1 fully saturated rings. The van der Waals surface area contributed by atoms with Crippen LogP contribution in [0.4, 0.5) is 17.3 Å². The van der Waals surface area contributed by atoms with E-state index in [2.05, 4.69) is 37.5 Å². The number of hydrogen-bond donors (Lipinski definition) is 2. The minimum Gasteiger partial charge on any atom is -0.378 e. The fourth-order valence-corrected chi connectivity index (χ4v) is 3.02. The summed E-state index contributed by atoms with van der Waals surface area (Å²) >= 11 is 6.20. The lowest BCUT2D eigenvalue weighted by molar-refractivity contribution is 0.122. The lowest BCUT2D eigenvalue weighted by Gasteiger charge is -2.28. The molecular formula is C18H18ClN5O. The smallest absolute Gasteiger partial charge is 0.246 e. The topological polar surface area (TPSA) is 66.1 Å². The Kier molecular flexibility index (Phi) is 4.54. The number of morpholine rings is 1. The zero-order chi connectivity index (χ0) is 17.1. The van der Waals surface area contributed by atoms with Crippen LogP contribution in [0.1, 0.15) is 0 Å². The number of ether oxygens (including phenoxy) is 1. The molecule has 128 valence electrons. The molecule has 3 aromatic rings. The van der Waals surface area contributed by atoms with Crippen LogP contribution in [-0.2, 0) is 4.74 Å². The van der Waals surface area contributed by atoms with Crippen LogP contribution >= 0.6 is 11.6 Å². The third-order valence-electron chi connectivity index (χ3n) is 4.11. The maximum absolute atomic E-state index is 6.20. The van der Waals surface area contributed by atoms with Gasteiger partial charge in [0.25, 0.3) is 0 Å². The van der Waals surface area contributed by atoms with Gasteiger partial charge in [-0.25, -0.2) is 0 Å². The Morgan fingerprint density at radius 1 is 1.04 bits per heavy atom. The summed E-state index contributed by atoms with van der Waals surface area (Å²) in [6, 6.07) is 15.8. The highest BCUT2D eigenvalue weighted by molar-refractivity contribution is 6.33. The molecule has 25 heavy (non-hydrogen) atoms. The molecule has 7 heteroatoms. The minimum absolute atomic E-state index is 0.508. The highest BCUT2D eigenvalue weighted by Crippen LogP contribution is 2.26. The van der Waals surface area contributed by atoms with Crippen LogP contribution in [0.15, 0.2) is 48.5 Å². The molecule has 0 spiro atoms. The Hall–Kier alpha value is -2.57. The summed E-state index contributed by atoms with van der Waals surface area (Å²) < 4.78 is 5.39. The van der Waals surface area contributed by atoms with E-state index in [1.54, 1.807) is 0 Å². The maximum Gasteiger partial charge on any atom is 0.246 e. The zero-order valence-electron chi connectivity index (χ0n) is 13.6. The van der Waals surface area contributed by atoms with Gasteiger partial charge >= 0.3 is 0 Å². The predicted octanol–water partition coefficient (Wildman–Crippen LogP) is 3.71. The second-order valence-electron chi connectivity index (χ2n) is 5.76. The molecule has 0 atom stereocenters. The summed E-state index contributed by atoms with van der Waals surface area (Å²) in [6.07, 6.45) is 0. The number of hydrogen-bond acceptors (Lipinski definition) is 5. The maximum atomic E-state index is 6.20. The highest BCUT2D eigenvalue weighted by atomic mass is 35.5. The molecule has 0 unspecified atom stereocenters. The van der Waals surface area contributed by atoms with E-state index in [-0.39, 0.29) is 0 Å². The number of aromatic amines is 1. The third-order valence-corrected chi connectivity index (χ3v) is 4.44. The Balaban J connectivity index is 1.46. The summed E-state index contributed by atoms with van der Waals surface area (Å²) in [7, 11) is 0. The van der Waals surface area contributed by atoms with Gasteiger partial charge in [0.2, 0.25) is 5.95 Å². The number of H-pyrrole nitrogens is 1. The van der Waals surface area contributed by atoms with Gasteiger partial charge in [-0.15, -0.1) is 5.10 Å². The number of rotatable bonds is 4. The van der Waals surface area contributed by atoms with E-state index in [0.717, 1.165) is 37.6 Å². The number of nitrogens with one attached hydrogen (secondary N) is 2. The average molecular weight is 356 g/mol. The second kappa shape index (κ2) is 7.13. The van der Waals surface area contributed by atoms with Gasteiger partial charge < -0.3 is 15.0 Å². The molecule has 6 nitrogen and oxygen atoms in total. The average Bonchev–Trinajstić information content (AvgIpc) is 3.12. The molecule has 1 aromatic heterocycles. The van der Waals surface area contributed by atoms with E-state index in [1.165, 1.54) is 5.69 Å². The van der Waals surface area contributed by atoms with E-state index in [4.69, 9.17) is 16.3 Å². The first kappa shape index (κ1) is 15.9. The lowest BCUT2D eigenvalue weighted by atomic mass is 10.2. The van der Waals surface area contributed by atoms with Crippen molar-refractivity contribution in [2.45, 2.75) is 0 Å². The minimum atomic E-state index is 0.508. The predicted molar refractivity (Wildman–Crippen MR) is 99.6 cm³/mol. The van der Waals surface area contributed by atoms with Crippen LogP contribution in [0.2, 0.25) is 5.02 Å². The van der Waals surface area contributed by atoms with Gasteiger partial charge in [0.15, 0.2) is 5.82 Å². The molecule has 0 bridgehead atoms. The molecule has 2 aromatic carbocycles. The molecule has 2 N–H and O–H groups in total. The van der Waals surface area contributed by atoms with Crippen molar-refractivity contribution in [1.82, 2.24) is 15.2 Å². The Morgan fingerprint density at radius 2 is 1.80 bits per heavy atom. The standard InChI is InChI=1S/C18H18ClN5O/c19-16-4-2-1-3-15(16)17-21-18(23-22-17)20-13-5-7-14(8-6-13)24-9-11-25-12-10-24/h1-8H,9-12H2,(H2,20,21,22,23). The number of nitrogens with zero attached hydrogens (tertiary/aromatic N) is 3. The van der Waals surface area contributed by atoms with Crippen molar-refractivity contribution in [3.05, 3.63) is 53.6 Å². The first-order valence-corrected chi connectivity index (χ1v) is 8.54. The van der Waals surface area contributed by atoms with Gasteiger partial charge in [0.05, 0.1) is 18.2 Å². The summed E-state index contributed by atoms with van der Waals surface area (Å²) in [5, 5.41) is 11.0. The Bertz CT molecular complexity index is 843. The quantitative estimate of drug-likeness (QED) is 0.747. The monoisotopic (exact) mass is 355 g/mol. The van der Waals surface area contributed by atoms with E-state index in [0.29, 0.717) is 16.8 Å². The third kappa shape index (κ3) is 3.60. The van der Waals surface area contributed by atoms with Gasteiger partial charge in [-0.2, -0.15) is 4.98 Å². The number of benzene rings is 2. The largest absolute Gasteiger partial charge is 0.378 e. The molecule has 0 saturated carbocycles. The summed E-state index contributed by atoms with van der Waals surface area (Å²) in [6.45, 7) is 3.41. The molecule has 1 aliphatic heterocycles. The van der Waals surface area contributed by atoms with E-state index >= 15 is 0 Å². The first-order chi connectivity index (χ1) is 12.3. The van der Waals surface area contributed by atoms with Gasteiger partial charge in [-0.1, -0.05) is 23.7 Å². The Morgan fingerprint density at radius 3 is 2.56 bits per heavy atom. The van der Waals surface area contributed by atoms with Crippen molar-refractivity contribution in [2.75, 3.05) is 36.5 Å². The van der Waals surface area contributed by atoms with Crippen molar-refractivity contribution in [1.29, 1.82) is 0 Å². The van der Waals surface area contributed by atoms with Crippen LogP contribution in [0, 0.1) is 0 Å². The van der Waals surface area contributed by atoms with Gasteiger partial charge in [0.1, 0.15) is 0 Å². The number of halogens is 1. The fraction of sp³-hybridized carbons (Fsp3) is 0.222. The van der Waals surface area contributed by atoms with Crippen LogP contribution in [0.5, 0.6) is 0 Å². The molecular weight excluding hydrogens is 338 g/mol. The zero-order valence-corrected chi connectivity index (χ0v) is 14.3. The first-order valence-electron chi connectivity index (χ1n) is 8.17. The molecule has 1 aliphatic rings. The van der Waals surface area contributed by atoms with Crippen LogP contribution < -0.4 is 10.2 Å². The summed E-state index contributed by atoms with van der Waals surface area (Å²) in [4.78, 5) is 6.77. The van der Waals surface area contributed by atoms with Gasteiger partial charge in [0, 0.05) is 30.0 Å². The molecule has 0 radical (unpaired) electrons. The van der Waals surface area contributed by atoms with Crippen LogP contribution in [0.25, 0.3) is 11.4 Å². The van der Waals surface area contributed by atoms with Crippen molar-refractivity contribution in [2.24, 2.45) is 0 Å². The number of anilines is 3. The molecule has 0 aliphatic carbocycles. The normalized spacial score (nSPS) is 14.5.